The second-order valence-corrected chi connectivity index (χ2v) is 12.4. The number of nitrogens with one attached hydrogen (secondary N) is 1. The van der Waals surface area contributed by atoms with Gasteiger partial charge in [-0.1, -0.05) is 48.7 Å². The van der Waals surface area contributed by atoms with Crippen LogP contribution in [0.5, 0.6) is 0 Å². The molecule has 0 unspecified atom stereocenters. The van der Waals surface area contributed by atoms with E-state index in [1.807, 2.05) is 25.1 Å². The van der Waals surface area contributed by atoms with Gasteiger partial charge in [0.25, 0.3) is 0 Å². The van der Waals surface area contributed by atoms with E-state index < -0.39 is 28.7 Å². The molecule has 8 nitrogen and oxygen atoms in total. The van der Waals surface area contributed by atoms with Crippen molar-refractivity contribution in [3.8, 4) is 0 Å². The highest BCUT2D eigenvalue weighted by Crippen LogP contribution is 2.26. The Morgan fingerprint density at radius 2 is 1.76 bits per heavy atom. The van der Waals surface area contributed by atoms with Gasteiger partial charge >= 0.3 is 10.2 Å². The van der Waals surface area contributed by atoms with Crippen LogP contribution < -0.4 is 9.62 Å². The normalized spacial score (nSPS) is 15.0. The average Bonchev–Trinajstić information content (AvgIpc) is 3.35. The van der Waals surface area contributed by atoms with Crippen LogP contribution in [0.1, 0.15) is 49.3 Å². The summed E-state index contributed by atoms with van der Waals surface area (Å²) in [6, 6.07) is 11.8. The van der Waals surface area contributed by atoms with E-state index in [9.17, 15) is 18.0 Å². The van der Waals surface area contributed by atoms with Crippen LogP contribution in [0.3, 0.4) is 0 Å². The quantitative estimate of drug-likeness (QED) is 0.485. The smallest absolute Gasteiger partial charge is 0.304 e. The monoisotopic (exact) mass is 548 g/mol. The molecule has 1 atom stereocenters. The molecule has 37 heavy (non-hydrogen) atoms. The molecule has 0 spiro atoms. The minimum absolute atomic E-state index is 0.0960. The topological polar surface area (TPSA) is 90.0 Å². The zero-order valence-corrected chi connectivity index (χ0v) is 23.8. The lowest BCUT2D eigenvalue weighted by molar-refractivity contribution is -0.139. The van der Waals surface area contributed by atoms with Crippen LogP contribution in [0.15, 0.2) is 42.5 Å². The van der Waals surface area contributed by atoms with Crippen LogP contribution in [-0.4, -0.2) is 62.2 Å². The van der Waals surface area contributed by atoms with E-state index in [0.717, 1.165) is 51.0 Å². The zero-order chi connectivity index (χ0) is 27.3. The van der Waals surface area contributed by atoms with Crippen LogP contribution in [-0.2, 0) is 26.3 Å². The molecular weight excluding hydrogens is 512 g/mol. The Kier molecular flexibility index (Phi) is 9.61. The number of rotatable bonds is 10. The van der Waals surface area contributed by atoms with E-state index in [1.165, 1.54) is 19.0 Å². The number of anilines is 1. The molecule has 1 saturated carbocycles. The highest BCUT2D eigenvalue weighted by atomic mass is 35.5. The van der Waals surface area contributed by atoms with Gasteiger partial charge in [-0.3, -0.25) is 9.59 Å². The molecule has 10 heteroatoms. The van der Waals surface area contributed by atoms with Gasteiger partial charge in [0, 0.05) is 31.7 Å². The zero-order valence-electron chi connectivity index (χ0n) is 22.2. The van der Waals surface area contributed by atoms with Crippen LogP contribution in [0.25, 0.3) is 0 Å². The van der Waals surface area contributed by atoms with Gasteiger partial charge in [0.2, 0.25) is 11.8 Å². The Bertz CT molecular complexity index is 1230. The molecular formula is C27H37ClN4O4S. The van der Waals surface area contributed by atoms with Gasteiger partial charge in [-0.2, -0.15) is 12.7 Å². The van der Waals surface area contributed by atoms with Crippen molar-refractivity contribution >= 4 is 39.3 Å². The van der Waals surface area contributed by atoms with Gasteiger partial charge in [-0.05, 0) is 68.5 Å². The van der Waals surface area contributed by atoms with Crippen LogP contribution in [0, 0.1) is 13.8 Å². The number of halogens is 1. The predicted octanol–water partition coefficient (Wildman–Crippen LogP) is 4.05. The fourth-order valence-electron chi connectivity index (χ4n) is 4.50. The van der Waals surface area contributed by atoms with Crippen molar-refractivity contribution in [1.29, 1.82) is 0 Å². The Hall–Kier alpha value is -2.62. The number of amides is 2. The van der Waals surface area contributed by atoms with Crippen LogP contribution in [0.4, 0.5) is 5.69 Å². The largest absolute Gasteiger partial charge is 0.352 e. The predicted molar refractivity (Wildman–Crippen MR) is 148 cm³/mol. The van der Waals surface area contributed by atoms with Gasteiger partial charge in [-0.15, -0.1) is 0 Å². The van der Waals surface area contributed by atoms with Gasteiger partial charge < -0.3 is 10.2 Å². The second kappa shape index (κ2) is 12.3. The molecule has 2 aromatic carbocycles. The highest BCUT2D eigenvalue weighted by Gasteiger charge is 2.34. The second-order valence-electron chi connectivity index (χ2n) is 9.90. The fraction of sp³-hybridized carbons (Fsp3) is 0.481. The number of nitrogens with zero attached hydrogens (tertiary/aromatic N) is 3. The number of benzene rings is 2. The summed E-state index contributed by atoms with van der Waals surface area (Å²) in [5.41, 5.74) is 2.76. The maximum atomic E-state index is 13.9. The van der Waals surface area contributed by atoms with Crippen molar-refractivity contribution in [3.63, 3.8) is 0 Å². The van der Waals surface area contributed by atoms with E-state index in [1.54, 1.807) is 38.1 Å². The Morgan fingerprint density at radius 3 is 2.38 bits per heavy atom. The molecule has 0 heterocycles. The summed E-state index contributed by atoms with van der Waals surface area (Å²) < 4.78 is 28.9. The van der Waals surface area contributed by atoms with Gasteiger partial charge in [-0.25, -0.2) is 4.31 Å². The number of carbonyl (C=O) groups excluding carboxylic acids is 2. The van der Waals surface area contributed by atoms with E-state index in [-0.39, 0.29) is 18.5 Å². The molecule has 0 radical (unpaired) electrons. The summed E-state index contributed by atoms with van der Waals surface area (Å²) in [6.45, 7) is 5.01. The lowest BCUT2D eigenvalue weighted by atomic mass is 10.1. The minimum Gasteiger partial charge on any atom is -0.352 e. The number of aryl methyl sites for hydroxylation is 2. The molecule has 0 aromatic heterocycles. The van der Waals surface area contributed by atoms with Crippen molar-refractivity contribution < 1.29 is 18.0 Å². The molecule has 3 rings (SSSR count). The first-order chi connectivity index (χ1) is 17.4. The molecule has 202 valence electrons. The third-order valence-electron chi connectivity index (χ3n) is 6.76. The summed E-state index contributed by atoms with van der Waals surface area (Å²) in [7, 11) is -1.15. The first-order valence-corrected chi connectivity index (χ1v) is 14.3. The van der Waals surface area contributed by atoms with Gasteiger partial charge in [0.15, 0.2) is 0 Å². The fourth-order valence-corrected chi connectivity index (χ4v) is 5.82. The molecule has 0 saturated heterocycles. The van der Waals surface area contributed by atoms with Crippen molar-refractivity contribution in [2.24, 2.45) is 0 Å². The number of hydrogen-bond acceptors (Lipinski definition) is 4. The lowest BCUT2D eigenvalue weighted by Crippen LogP contribution is -2.53. The maximum absolute atomic E-state index is 13.9. The Morgan fingerprint density at radius 1 is 1.08 bits per heavy atom. The van der Waals surface area contributed by atoms with Crippen molar-refractivity contribution in [2.45, 2.75) is 65.1 Å². The third-order valence-corrected chi connectivity index (χ3v) is 8.80. The van der Waals surface area contributed by atoms with Crippen molar-refractivity contribution in [1.82, 2.24) is 14.5 Å². The van der Waals surface area contributed by atoms with E-state index in [4.69, 9.17) is 11.6 Å². The van der Waals surface area contributed by atoms with Crippen LogP contribution >= 0.6 is 11.6 Å². The van der Waals surface area contributed by atoms with Crippen LogP contribution in [0.2, 0.25) is 5.02 Å². The standard InChI is InChI=1S/C27H37ClN4O4S/c1-19-13-14-20(2)25(15-19)32(37(35,36)30(4)5)18-26(33)31(17-22-9-8-10-23(28)16-22)21(3)27(34)29-24-11-6-7-12-24/h8-10,13-16,21,24H,6-7,11-12,17-18H2,1-5H3,(H,29,34)/t21-/m0/s1. The molecule has 1 fully saturated rings. The van der Waals surface area contributed by atoms with Gasteiger partial charge in [0.1, 0.15) is 12.6 Å². The molecule has 1 aliphatic carbocycles. The number of hydrogen-bond donors (Lipinski definition) is 1. The summed E-state index contributed by atoms with van der Waals surface area (Å²) in [4.78, 5) is 28.5. The summed E-state index contributed by atoms with van der Waals surface area (Å²) in [5.74, 6) is -0.739. The Balaban J connectivity index is 1.96. The SMILES string of the molecule is Cc1ccc(C)c(N(CC(=O)N(Cc2cccc(Cl)c2)[C@@H](C)C(=O)NC2CCCC2)S(=O)(=O)N(C)C)c1. The summed E-state index contributed by atoms with van der Waals surface area (Å²) >= 11 is 6.18. The molecule has 1 aliphatic rings. The van der Waals surface area contributed by atoms with E-state index >= 15 is 0 Å². The third kappa shape index (κ3) is 7.24. The molecule has 0 bridgehead atoms. The molecule has 2 aromatic rings. The Labute approximate surface area is 225 Å². The van der Waals surface area contributed by atoms with Crippen molar-refractivity contribution in [2.75, 3.05) is 24.9 Å². The van der Waals surface area contributed by atoms with Gasteiger partial charge in [0.05, 0.1) is 5.69 Å². The first kappa shape index (κ1) is 28.9. The van der Waals surface area contributed by atoms with E-state index in [0.29, 0.717) is 10.7 Å². The highest BCUT2D eigenvalue weighted by molar-refractivity contribution is 7.90. The number of carbonyl (C=O) groups is 2. The molecule has 1 N–H and O–H groups in total. The summed E-state index contributed by atoms with van der Waals surface area (Å²) in [6.07, 6.45) is 3.97. The molecule has 2 amide bonds. The summed E-state index contributed by atoms with van der Waals surface area (Å²) in [5, 5.41) is 3.58. The minimum atomic E-state index is -4.01. The van der Waals surface area contributed by atoms with Crippen molar-refractivity contribution in [3.05, 3.63) is 64.2 Å². The van der Waals surface area contributed by atoms with E-state index in [2.05, 4.69) is 5.32 Å². The lowest BCUT2D eigenvalue weighted by Gasteiger charge is -2.33. The maximum Gasteiger partial charge on any atom is 0.304 e. The average molecular weight is 549 g/mol. The first-order valence-electron chi connectivity index (χ1n) is 12.5. The molecule has 0 aliphatic heterocycles.